The van der Waals surface area contributed by atoms with E-state index >= 15 is 0 Å². The number of carbonyl (C=O) groups is 1. The Kier molecular flexibility index (Phi) is 4.65. The highest BCUT2D eigenvalue weighted by Gasteiger charge is 2.65. The Labute approximate surface area is 153 Å². The van der Waals surface area contributed by atoms with Gasteiger partial charge in [0.2, 0.25) is 0 Å². The third kappa shape index (κ3) is 4.15. The first kappa shape index (κ1) is 19.5. The van der Waals surface area contributed by atoms with Crippen molar-refractivity contribution in [3.05, 3.63) is 48.5 Å². The zero-order valence-corrected chi connectivity index (χ0v) is 13.5. The molecule has 1 aliphatic rings. The molecule has 6 nitrogen and oxygen atoms in total. The van der Waals surface area contributed by atoms with E-state index in [0.29, 0.717) is 0 Å². The van der Waals surface area contributed by atoms with E-state index in [4.69, 9.17) is 9.47 Å². The first-order valence-electron chi connectivity index (χ1n) is 7.46. The summed E-state index contributed by atoms with van der Waals surface area (Å²) in [5.74, 6) is -4.48. The minimum atomic E-state index is -5.15. The van der Waals surface area contributed by atoms with Crippen LogP contribution in [0, 0.1) is 0 Å². The minimum absolute atomic E-state index is 0.0974. The molecular weight excluding hydrogens is 398 g/mol. The first-order valence-corrected chi connectivity index (χ1v) is 7.46. The molecule has 150 valence electrons. The van der Waals surface area contributed by atoms with Gasteiger partial charge < -0.3 is 19.5 Å². The Morgan fingerprint density at radius 1 is 0.893 bits per heavy atom. The van der Waals surface area contributed by atoms with E-state index in [9.17, 15) is 31.1 Å². The lowest BCUT2D eigenvalue weighted by Gasteiger charge is -2.29. The molecule has 0 radical (unpaired) electrons. The fourth-order valence-corrected chi connectivity index (χ4v) is 2.24. The fraction of sp³-hybridized carbons (Fsp3) is 0.188. The smallest absolute Gasteiger partial charge is 0.424 e. The average molecular weight is 408 g/mol. The highest BCUT2D eigenvalue weighted by atomic mass is 19.4. The number of hydrogen-bond donors (Lipinski definition) is 2. The van der Waals surface area contributed by atoms with E-state index in [2.05, 4.69) is 4.74 Å². The van der Waals surface area contributed by atoms with Gasteiger partial charge in [-0.25, -0.2) is 4.79 Å². The van der Waals surface area contributed by atoms with Crippen LogP contribution in [0.5, 0.6) is 17.2 Å². The first-order chi connectivity index (χ1) is 13.0. The SMILES string of the molecule is O=C(Nc1ccc(OC(F)(F)F)cc1)NC1(C(F)(F)F)Oc2ccccc2O1. The molecule has 2 amide bonds. The number of fused-ring (bicyclic) bond motifs is 1. The van der Waals surface area contributed by atoms with E-state index in [-0.39, 0.29) is 17.2 Å². The van der Waals surface area contributed by atoms with Crippen molar-refractivity contribution in [2.24, 2.45) is 0 Å². The van der Waals surface area contributed by atoms with Crippen molar-refractivity contribution >= 4 is 11.7 Å². The number of halogens is 6. The number of ether oxygens (including phenoxy) is 3. The number of rotatable bonds is 3. The summed E-state index contributed by atoms with van der Waals surface area (Å²) < 4.78 is 90.0. The molecule has 2 aromatic rings. The van der Waals surface area contributed by atoms with Crippen molar-refractivity contribution < 1.29 is 45.3 Å². The number of nitrogens with one attached hydrogen (secondary N) is 2. The van der Waals surface area contributed by atoms with Crippen molar-refractivity contribution in [2.45, 2.75) is 18.4 Å². The molecule has 2 N–H and O–H groups in total. The van der Waals surface area contributed by atoms with Gasteiger partial charge in [-0.15, -0.1) is 13.2 Å². The number of hydrogen-bond acceptors (Lipinski definition) is 4. The maximum absolute atomic E-state index is 13.5. The van der Waals surface area contributed by atoms with Gasteiger partial charge in [-0.3, -0.25) is 5.32 Å². The summed E-state index contributed by atoms with van der Waals surface area (Å²) in [5, 5.41) is 3.59. The van der Waals surface area contributed by atoms with Gasteiger partial charge in [0.25, 0.3) is 0 Å². The fourth-order valence-electron chi connectivity index (χ4n) is 2.24. The van der Waals surface area contributed by atoms with E-state index in [1.807, 2.05) is 5.32 Å². The number of urea groups is 1. The van der Waals surface area contributed by atoms with Gasteiger partial charge in [0.05, 0.1) is 0 Å². The highest BCUT2D eigenvalue weighted by Crippen LogP contribution is 2.44. The number of amides is 2. The van der Waals surface area contributed by atoms with Crippen LogP contribution in [0.3, 0.4) is 0 Å². The molecule has 1 aliphatic heterocycles. The zero-order valence-electron chi connectivity index (χ0n) is 13.5. The molecule has 0 fully saturated rings. The Morgan fingerprint density at radius 2 is 1.43 bits per heavy atom. The summed E-state index contributed by atoms with van der Waals surface area (Å²) in [5.41, 5.74) is -0.0974. The second kappa shape index (κ2) is 6.69. The van der Waals surface area contributed by atoms with Crippen LogP contribution in [-0.4, -0.2) is 24.5 Å². The molecule has 0 saturated carbocycles. The molecule has 0 bridgehead atoms. The van der Waals surface area contributed by atoms with Crippen LogP contribution < -0.4 is 24.8 Å². The predicted molar refractivity (Wildman–Crippen MR) is 81.8 cm³/mol. The molecule has 2 aromatic carbocycles. The van der Waals surface area contributed by atoms with Crippen LogP contribution in [0.1, 0.15) is 0 Å². The van der Waals surface area contributed by atoms with Gasteiger partial charge in [-0.05, 0) is 36.4 Å². The van der Waals surface area contributed by atoms with Crippen LogP contribution in [0.4, 0.5) is 36.8 Å². The Morgan fingerprint density at radius 3 is 1.89 bits per heavy atom. The molecule has 0 aliphatic carbocycles. The van der Waals surface area contributed by atoms with Gasteiger partial charge >= 0.3 is 24.5 Å². The quantitative estimate of drug-likeness (QED) is 0.740. The number of para-hydroxylation sites is 2. The van der Waals surface area contributed by atoms with Gasteiger partial charge in [0.15, 0.2) is 11.5 Å². The summed E-state index contributed by atoms with van der Waals surface area (Å²) >= 11 is 0. The van der Waals surface area contributed by atoms with E-state index in [1.165, 1.54) is 24.3 Å². The molecule has 0 atom stereocenters. The normalized spacial score (nSPS) is 15.1. The topological polar surface area (TPSA) is 68.8 Å². The predicted octanol–water partition coefficient (Wildman–Crippen LogP) is 4.39. The molecule has 3 rings (SSSR count). The van der Waals surface area contributed by atoms with Crippen molar-refractivity contribution in [3.63, 3.8) is 0 Å². The monoisotopic (exact) mass is 408 g/mol. The maximum Gasteiger partial charge on any atom is 0.573 e. The lowest BCUT2D eigenvalue weighted by Crippen LogP contribution is -2.65. The Bertz CT molecular complexity index is 842. The van der Waals surface area contributed by atoms with Crippen molar-refractivity contribution in [1.29, 1.82) is 0 Å². The van der Waals surface area contributed by atoms with Crippen LogP contribution >= 0.6 is 0 Å². The van der Waals surface area contributed by atoms with Crippen molar-refractivity contribution in [3.8, 4) is 17.2 Å². The van der Waals surface area contributed by atoms with Crippen LogP contribution in [0.2, 0.25) is 0 Å². The van der Waals surface area contributed by atoms with Crippen molar-refractivity contribution in [1.82, 2.24) is 5.32 Å². The molecule has 0 saturated heterocycles. The Hall–Kier alpha value is -3.31. The summed E-state index contributed by atoms with van der Waals surface area (Å²) in [6.45, 7) is 0. The second-order valence-electron chi connectivity index (χ2n) is 5.42. The number of carbonyl (C=O) groups excluding carboxylic acids is 1. The van der Waals surface area contributed by atoms with Gasteiger partial charge in [0, 0.05) is 5.69 Å². The largest absolute Gasteiger partial charge is 0.573 e. The standard InChI is InChI=1S/C16H10F6N2O4/c17-14(18,19)15(27-11-3-1-2-4-12(11)28-15)24-13(25)23-9-5-7-10(8-6-9)26-16(20,21)22/h1-8H,(H2,23,24,25). The number of benzene rings is 2. The highest BCUT2D eigenvalue weighted by molar-refractivity contribution is 5.89. The third-order valence-corrected chi connectivity index (χ3v) is 3.35. The van der Waals surface area contributed by atoms with E-state index in [1.54, 1.807) is 5.32 Å². The Balaban J connectivity index is 1.71. The molecule has 0 aromatic heterocycles. The molecule has 1 heterocycles. The maximum atomic E-state index is 13.5. The van der Waals surface area contributed by atoms with Crippen LogP contribution in [-0.2, 0) is 0 Å². The third-order valence-electron chi connectivity index (χ3n) is 3.35. The van der Waals surface area contributed by atoms with Crippen LogP contribution in [0.15, 0.2) is 48.5 Å². The average Bonchev–Trinajstić information content (AvgIpc) is 2.94. The summed E-state index contributed by atoms with van der Waals surface area (Å²) in [7, 11) is 0. The summed E-state index contributed by atoms with van der Waals surface area (Å²) in [6, 6.07) is 7.68. The zero-order chi connectivity index (χ0) is 20.6. The summed E-state index contributed by atoms with van der Waals surface area (Å²) in [6.07, 6.45) is -10.1. The van der Waals surface area contributed by atoms with Gasteiger partial charge in [-0.2, -0.15) is 13.2 Å². The molecular formula is C16H10F6N2O4. The number of anilines is 1. The van der Waals surface area contributed by atoms with E-state index < -0.39 is 30.2 Å². The molecule has 12 heteroatoms. The lowest BCUT2D eigenvalue weighted by molar-refractivity contribution is -0.317. The molecule has 0 unspecified atom stereocenters. The second-order valence-corrected chi connectivity index (χ2v) is 5.42. The molecule has 28 heavy (non-hydrogen) atoms. The van der Waals surface area contributed by atoms with Gasteiger partial charge in [-0.1, -0.05) is 12.1 Å². The lowest BCUT2D eigenvalue weighted by atomic mass is 10.3. The minimum Gasteiger partial charge on any atom is -0.424 e. The van der Waals surface area contributed by atoms with E-state index in [0.717, 1.165) is 24.3 Å². The van der Waals surface area contributed by atoms with Crippen LogP contribution in [0.25, 0.3) is 0 Å². The molecule has 0 spiro atoms. The summed E-state index contributed by atoms with van der Waals surface area (Å²) in [4.78, 5) is 12.0. The van der Waals surface area contributed by atoms with Crippen molar-refractivity contribution in [2.75, 3.05) is 5.32 Å². The number of alkyl halides is 6. The van der Waals surface area contributed by atoms with Gasteiger partial charge in [0.1, 0.15) is 5.75 Å².